The van der Waals surface area contributed by atoms with E-state index in [9.17, 15) is 24.7 Å². The van der Waals surface area contributed by atoms with Crippen molar-refractivity contribution in [2.45, 2.75) is 26.3 Å². The van der Waals surface area contributed by atoms with Crippen LogP contribution in [0.2, 0.25) is 0 Å². The van der Waals surface area contributed by atoms with Gasteiger partial charge in [-0.05, 0) is 48.2 Å². The zero-order valence-electron chi connectivity index (χ0n) is 17.9. The molecule has 2 atom stereocenters. The summed E-state index contributed by atoms with van der Waals surface area (Å²) in [6, 6.07) is 10.9. The van der Waals surface area contributed by atoms with Crippen molar-refractivity contribution < 1.29 is 33.9 Å². The molecule has 2 unspecified atom stereocenters. The number of carbonyl (C=O) groups is 1. The van der Waals surface area contributed by atoms with Crippen LogP contribution in [0.15, 0.2) is 42.5 Å². The van der Waals surface area contributed by atoms with Crippen LogP contribution >= 0.6 is 7.52 Å². The van der Waals surface area contributed by atoms with E-state index >= 15 is 0 Å². The molecule has 0 bridgehead atoms. The summed E-state index contributed by atoms with van der Waals surface area (Å²) in [4.78, 5) is 11.8. The molecule has 0 heterocycles. The molecule has 0 aliphatic carbocycles. The number of aliphatic carboxylic acids is 1. The second kappa shape index (κ2) is 10.0. The highest BCUT2D eigenvalue weighted by Crippen LogP contribution is 2.46. The van der Waals surface area contributed by atoms with Gasteiger partial charge in [-0.2, -0.15) is 0 Å². The SMILES string of the molecule is COCP(=O)(NC(C)(C(=O)O)C(C)C)Oc1ccc(/C=C/c2cc(O)cc(O)c2)cc1. The quantitative estimate of drug-likeness (QED) is 0.308. The topological polar surface area (TPSA) is 125 Å². The molecule has 2 rings (SSSR count). The zero-order valence-corrected chi connectivity index (χ0v) is 18.8. The van der Waals surface area contributed by atoms with Gasteiger partial charge in [-0.25, -0.2) is 5.09 Å². The molecule has 0 fully saturated rings. The van der Waals surface area contributed by atoms with Gasteiger partial charge in [0.1, 0.15) is 29.1 Å². The molecule has 0 spiro atoms. The molecule has 2 aromatic carbocycles. The third-order valence-corrected chi connectivity index (χ3v) is 6.74. The maximum absolute atomic E-state index is 13.3. The number of aromatic hydroxyl groups is 2. The van der Waals surface area contributed by atoms with E-state index in [1.165, 1.54) is 32.2 Å². The minimum absolute atomic E-state index is 0.0421. The summed E-state index contributed by atoms with van der Waals surface area (Å²) >= 11 is 0. The molecule has 9 heteroatoms. The molecule has 0 aromatic heterocycles. The molecular weight excluding hydrogens is 421 g/mol. The molecule has 0 aliphatic rings. The van der Waals surface area contributed by atoms with Crippen LogP contribution in [0.4, 0.5) is 0 Å². The molecule has 0 radical (unpaired) electrons. The molecule has 0 saturated carbocycles. The monoisotopic (exact) mass is 449 g/mol. The molecule has 168 valence electrons. The predicted molar refractivity (Wildman–Crippen MR) is 119 cm³/mol. The van der Waals surface area contributed by atoms with E-state index in [0.29, 0.717) is 5.56 Å². The fourth-order valence-electron chi connectivity index (χ4n) is 2.75. The molecule has 4 N–H and O–H groups in total. The Morgan fingerprint density at radius 2 is 1.65 bits per heavy atom. The Hall–Kier alpha value is -2.80. The second-order valence-electron chi connectivity index (χ2n) is 7.64. The summed E-state index contributed by atoms with van der Waals surface area (Å²) in [6.45, 7) is 4.88. The first-order chi connectivity index (χ1) is 14.5. The largest absolute Gasteiger partial charge is 0.508 e. The van der Waals surface area contributed by atoms with E-state index in [1.807, 2.05) is 0 Å². The summed E-state index contributed by atoms with van der Waals surface area (Å²) < 4.78 is 24.0. The van der Waals surface area contributed by atoms with E-state index in [2.05, 4.69) is 5.09 Å². The van der Waals surface area contributed by atoms with Crippen molar-refractivity contribution in [3.05, 3.63) is 53.6 Å². The van der Waals surface area contributed by atoms with Gasteiger partial charge in [-0.3, -0.25) is 9.36 Å². The molecule has 0 saturated heterocycles. The standard InChI is InChI=1S/C22H28NO7P/c1-15(2)22(3,21(26)27)23-31(28,14-29-4)30-20-9-7-16(8-10-20)5-6-17-11-18(24)13-19(25)12-17/h5-13,15,24-25H,14H2,1-4H3,(H,23,28)(H,26,27)/b6-5+. The molecule has 0 amide bonds. The zero-order chi connectivity index (χ0) is 23.2. The Kier molecular flexibility index (Phi) is 7.90. The Morgan fingerprint density at radius 3 is 2.13 bits per heavy atom. The van der Waals surface area contributed by atoms with Gasteiger partial charge in [0.2, 0.25) is 0 Å². The lowest BCUT2D eigenvalue weighted by Crippen LogP contribution is -2.52. The van der Waals surface area contributed by atoms with Crippen molar-refractivity contribution in [2.24, 2.45) is 5.92 Å². The van der Waals surface area contributed by atoms with Gasteiger partial charge >= 0.3 is 13.5 Å². The Morgan fingerprint density at radius 1 is 1.10 bits per heavy atom. The van der Waals surface area contributed by atoms with Crippen LogP contribution in [0.1, 0.15) is 31.9 Å². The van der Waals surface area contributed by atoms with Crippen molar-refractivity contribution in [3.8, 4) is 17.2 Å². The summed E-state index contributed by atoms with van der Waals surface area (Å²) in [5.41, 5.74) is -0.0562. The van der Waals surface area contributed by atoms with Crippen LogP contribution < -0.4 is 9.61 Å². The molecular formula is C22H28NO7P. The van der Waals surface area contributed by atoms with Gasteiger partial charge in [0.15, 0.2) is 0 Å². The van der Waals surface area contributed by atoms with Crippen LogP contribution in [0.3, 0.4) is 0 Å². The number of benzene rings is 2. The fraction of sp³-hybridized carbons (Fsp3) is 0.318. The fourth-order valence-corrected chi connectivity index (χ4v) is 4.77. The first kappa shape index (κ1) is 24.5. The minimum atomic E-state index is -3.69. The lowest BCUT2D eigenvalue weighted by atomic mass is 9.90. The molecule has 31 heavy (non-hydrogen) atoms. The number of carboxylic acids is 1. The van der Waals surface area contributed by atoms with Gasteiger partial charge in [0, 0.05) is 13.2 Å². The van der Waals surface area contributed by atoms with E-state index in [1.54, 1.807) is 50.3 Å². The van der Waals surface area contributed by atoms with Gasteiger partial charge in [-0.15, -0.1) is 0 Å². The van der Waals surface area contributed by atoms with E-state index in [0.717, 1.165) is 5.56 Å². The first-order valence-electron chi connectivity index (χ1n) is 9.59. The Balaban J connectivity index is 2.19. The van der Waals surface area contributed by atoms with Gasteiger partial charge < -0.3 is 24.6 Å². The highest BCUT2D eigenvalue weighted by molar-refractivity contribution is 7.57. The van der Waals surface area contributed by atoms with Crippen LogP contribution in [0.5, 0.6) is 17.2 Å². The number of rotatable bonds is 10. The van der Waals surface area contributed by atoms with Gasteiger partial charge in [0.25, 0.3) is 0 Å². The van der Waals surface area contributed by atoms with Crippen LogP contribution in [-0.2, 0) is 14.1 Å². The lowest BCUT2D eigenvalue weighted by molar-refractivity contribution is -0.145. The summed E-state index contributed by atoms with van der Waals surface area (Å²) in [5.74, 6) is -1.29. The first-order valence-corrected chi connectivity index (χ1v) is 11.4. The van der Waals surface area contributed by atoms with E-state index in [-0.39, 0.29) is 29.5 Å². The van der Waals surface area contributed by atoms with Crippen molar-refractivity contribution in [1.82, 2.24) is 5.09 Å². The Labute approximate surface area is 181 Å². The van der Waals surface area contributed by atoms with Gasteiger partial charge in [-0.1, -0.05) is 38.1 Å². The minimum Gasteiger partial charge on any atom is -0.508 e. The average Bonchev–Trinajstić information content (AvgIpc) is 2.66. The van der Waals surface area contributed by atoms with Crippen LogP contribution in [0.25, 0.3) is 12.2 Å². The van der Waals surface area contributed by atoms with Crippen molar-refractivity contribution >= 4 is 25.6 Å². The second-order valence-corrected chi connectivity index (χ2v) is 9.65. The van der Waals surface area contributed by atoms with Crippen molar-refractivity contribution in [1.29, 1.82) is 0 Å². The summed E-state index contributed by atoms with van der Waals surface area (Å²) in [5, 5.41) is 31.4. The maximum Gasteiger partial charge on any atom is 0.342 e. The normalized spacial score (nSPS) is 15.5. The number of phenolic OH excluding ortho intramolecular Hbond substituents is 2. The third kappa shape index (κ3) is 6.59. The molecule has 8 nitrogen and oxygen atoms in total. The van der Waals surface area contributed by atoms with Crippen molar-refractivity contribution in [3.63, 3.8) is 0 Å². The number of phenols is 2. The summed E-state index contributed by atoms with van der Waals surface area (Å²) in [7, 11) is -2.33. The number of ether oxygens (including phenoxy) is 1. The highest BCUT2D eigenvalue weighted by Gasteiger charge is 2.43. The number of nitrogens with one attached hydrogen (secondary N) is 1. The van der Waals surface area contributed by atoms with Gasteiger partial charge in [0.05, 0.1) is 0 Å². The van der Waals surface area contributed by atoms with Crippen molar-refractivity contribution in [2.75, 3.05) is 13.5 Å². The average molecular weight is 449 g/mol. The highest BCUT2D eigenvalue weighted by atomic mass is 31.2. The maximum atomic E-state index is 13.3. The smallest absolute Gasteiger partial charge is 0.342 e. The predicted octanol–water partition coefficient (Wildman–Crippen LogP) is 4.53. The molecule has 0 aliphatic heterocycles. The number of methoxy groups -OCH3 is 1. The van der Waals surface area contributed by atoms with E-state index < -0.39 is 19.0 Å². The Bertz CT molecular complexity index is 968. The van der Waals surface area contributed by atoms with E-state index in [4.69, 9.17) is 9.26 Å². The van der Waals surface area contributed by atoms with Crippen LogP contribution in [0, 0.1) is 5.92 Å². The number of carboxylic acid groups (broad SMARTS) is 1. The summed E-state index contributed by atoms with van der Waals surface area (Å²) in [6.07, 6.45) is 3.18. The van der Waals surface area contributed by atoms with Crippen LogP contribution in [-0.4, -0.2) is 40.3 Å². The molecule has 2 aromatic rings. The lowest BCUT2D eigenvalue weighted by Gasteiger charge is -2.34. The number of hydrogen-bond acceptors (Lipinski definition) is 6. The third-order valence-electron chi connectivity index (χ3n) is 4.83. The number of hydrogen-bond donors (Lipinski definition) is 4.